The third kappa shape index (κ3) is 2.07. The van der Waals surface area contributed by atoms with Gasteiger partial charge in [0.15, 0.2) is 10.8 Å². The molecule has 1 saturated carbocycles. The average Bonchev–Trinajstić information content (AvgIpc) is 3.05. The summed E-state index contributed by atoms with van der Waals surface area (Å²) >= 11 is 5.02. The van der Waals surface area contributed by atoms with E-state index in [4.69, 9.17) is 5.73 Å². The lowest BCUT2D eigenvalue weighted by molar-refractivity contribution is 0.981. The standard InChI is InChI=1S/C11H11BrN4S/c1-5-4-17-11(14-5)10-15-8(6-2-3-6)7(12)9(13)16-10/h4,6H,2-3H2,1H3,(H2,13,15,16). The van der Waals surface area contributed by atoms with Gasteiger partial charge in [-0.2, -0.15) is 0 Å². The van der Waals surface area contributed by atoms with Crippen LogP contribution < -0.4 is 5.73 Å². The predicted molar refractivity (Wildman–Crippen MR) is 72.0 cm³/mol. The van der Waals surface area contributed by atoms with Gasteiger partial charge >= 0.3 is 0 Å². The number of anilines is 1. The fraction of sp³-hybridized carbons (Fsp3) is 0.364. The molecule has 1 fully saturated rings. The van der Waals surface area contributed by atoms with Crippen molar-refractivity contribution in [3.63, 3.8) is 0 Å². The van der Waals surface area contributed by atoms with Crippen molar-refractivity contribution in [3.8, 4) is 10.8 Å². The molecule has 2 aromatic rings. The van der Waals surface area contributed by atoms with Gasteiger partial charge in [-0.05, 0) is 35.7 Å². The predicted octanol–water partition coefficient (Wildman–Crippen LogP) is 3.13. The van der Waals surface area contributed by atoms with Gasteiger partial charge in [-0.15, -0.1) is 11.3 Å². The zero-order valence-corrected chi connectivity index (χ0v) is 11.7. The van der Waals surface area contributed by atoms with E-state index in [9.17, 15) is 0 Å². The van der Waals surface area contributed by atoms with Crippen molar-refractivity contribution in [3.05, 3.63) is 21.2 Å². The van der Waals surface area contributed by atoms with Gasteiger partial charge in [0.25, 0.3) is 0 Å². The zero-order valence-electron chi connectivity index (χ0n) is 9.27. The van der Waals surface area contributed by atoms with Gasteiger partial charge in [0.1, 0.15) is 5.82 Å². The number of rotatable bonds is 2. The lowest BCUT2D eigenvalue weighted by atomic mass is 10.2. The number of thiazole rings is 1. The highest BCUT2D eigenvalue weighted by molar-refractivity contribution is 9.10. The summed E-state index contributed by atoms with van der Waals surface area (Å²) in [6, 6.07) is 0. The molecule has 0 amide bonds. The van der Waals surface area contributed by atoms with Gasteiger partial charge < -0.3 is 5.73 Å². The molecule has 2 N–H and O–H groups in total. The summed E-state index contributed by atoms with van der Waals surface area (Å²) in [7, 11) is 0. The van der Waals surface area contributed by atoms with Gasteiger partial charge in [-0.1, -0.05) is 0 Å². The van der Waals surface area contributed by atoms with Gasteiger partial charge in [0, 0.05) is 17.0 Å². The Morgan fingerprint density at radius 3 is 2.71 bits per heavy atom. The summed E-state index contributed by atoms with van der Waals surface area (Å²) < 4.78 is 0.844. The Hall–Kier alpha value is -1.01. The van der Waals surface area contributed by atoms with Crippen molar-refractivity contribution < 1.29 is 0 Å². The first-order valence-electron chi connectivity index (χ1n) is 5.40. The van der Waals surface area contributed by atoms with Crippen LogP contribution in [0.5, 0.6) is 0 Å². The average molecular weight is 311 g/mol. The van der Waals surface area contributed by atoms with Crippen molar-refractivity contribution in [2.45, 2.75) is 25.7 Å². The second-order valence-electron chi connectivity index (χ2n) is 4.20. The molecular formula is C11H11BrN4S. The van der Waals surface area contributed by atoms with Crippen LogP contribution in [0.2, 0.25) is 0 Å². The maximum atomic E-state index is 5.91. The first kappa shape index (κ1) is 11.1. The molecule has 6 heteroatoms. The summed E-state index contributed by atoms with van der Waals surface area (Å²) in [4.78, 5) is 13.3. The Morgan fingerprint density at radius 2 is 2.12 bits per heavy atom. The summed E-state index contributed by atoms with van der Waals surface area (Å²) in [6.45, 7) is 1.96. The smallest absolute Gasteiger partial charge is 0.191 e. The minimum atomic E-state index is 0.504. The number of hydrogen-bond acceptors (Lipinski definition) is 5. The number of aromatic nitrogens is 3. The number of aryl methyl sites for hydroxylation is 1. The monoisotopic (exact) mass is 310 g/mol. The third-order valence-electron chi connectivity index (χ3n) is 2.68. The maximum Gasteiger partial charge on any atom is 0.191 e. The first-order valence-corrected chi connectivity index (χ1v) is 7.08. The lowest BCUT2D eigenvalue weighted by Crippen LogP contribution is -2.02. The fourth-order valence-corrected chi connectivity index (χ4v) is 2.89. The van der Waals surface area contributed by atoms with Gasteiger partial charge in [0.2, 0.25) is 0 Å². The van der Waals surface area contributed by atoms with Gasteiger partial charge in [-0.3, -0.25) is 0 Å². The van der Waals surface area contributed by atoms with Crippen molar-refractivity contribution in [2.24, 2.45) is 0 Å². The van der Waals surface area contributed by atoms with E-state index in [2.05, 4.69) is 30.9 Å². The van der Waals surface area contributed by atoms with Crippen LogP contribution in [0.1, 0.15) is 30.1 Å². The SMILES string of the molecule is Cc1csc(-c2nc(N)c(Br)c(C3CC3)n2)n1. The molecular weight excluding hydrogens is 300 g/mol. The zero-order chi connectivity index (χ0) is 12.0. The van der Waals surface area contributed by atoms with Crippen molar-refractivity contribution in [1.29, 1.82) is 0 Å². The van der Waals surface area contributed by atoms with E-state index in [1.165, 1.54) is 12.8 Å². The van der Waals surface area contributed by atoms with E-state index in [0.29, 0.717) is 17.6 Å². The van der Waals surface area contributed by atoms with E-state index >= 15 is 0 Å². The highest BCUT2D eigenvalue weighted by Crippen LogP contribution is 2.44. The quantitative estimate of drug-likeness (QED) is 0.925. The number of nitrogen functional groups attached to an aromatic ring is 1. The lowest BCUT2D eigenvalue weighted by Gasteiger charge is -2.06. The van der Waals surface area contributed by atoms with Crippen LogP contribution in [0, 0.1) is 6.92 Å². The Morgan fingerprint density at radius 1 is 1.35 bits per heavy atom. The second kappa shape index (κ2) is 4.03. The molecule has 0 radical (unpaired) electrons. The van der Waals surface area contributed by atoms with E-state index in [1.54, 1.807) is 11.3 Å². The molecule has 17 heavy (non-hydrogen) atoms. The largest absolute Gasteiger partial charge is 0.383 e. The molecule has 2 aromatic heterocycles. The minimum absolute atomic E-state index is 0.504. The summed E-state index contributed by atoms with van der Waals surface area (Å²) in [5.41, 5.74) is 7.93. The molecule has 0 aromatic carbocycles. The summed E-state index contributed by atoms with van der Waals surface area (Å²) in [6.07, 6.45) is 2.37. The molecule has 0 bridgehead atoms. The number of nitrogens with zero attached hydrogens (tertiary/aromatic N) is 3. The van der Waals surface area contributed by atoms with Gasteiger partial charge in [0.05, 0.1) is 10.2 Å². The van der Waals surface area contributed by atoms with E-state index in [1.807, 2.05) is 12.3 Å². The van der Waals surface area contributed by atoms with E-state index in [-0.39, 0.29) is 0 Å². The van der Waals surface area contributed by atoms with Crippen LogP contribution >= 0.6 is 27.3 Å². The molecule has 0 spiro atoms. The minimum Gasteiger partial charge on any atom is -0.383 e. The molecule has 2 heterocycles. The second-order valence-corrected chi connectivity index (χ2v) is 5.85. The van der Waals surface area contributed by atoms with Crippen LogP contribution in [-0.2, 0) is 0 Å². The molecule has 3 rings (SSSR count). The normalized spacial score (nSPS) is 15.2. The van der Waals surface area contributed by atoms with Crippen molar-refractivity contribution in [2.75, 3.05) is 5.73 Å². The Kier molecular flexibility index (Phi) is 2.63. The summed E-state index contributed by atoms with van der Waals surface area (Å²) in [5, 5.41) is 2.83. The molecule has 1 aliphatic carbocycles. The molecule has 88 valence electrons. The van der Waals surface area contributed by atoms with Crippen molar-refractivity contribution >= 4 is 33.1 Å². The molecule has 0 aliphatic heterocycles. The van der Waals surface area contributed by atoms with E-state index < -0.39 is 0 Å². The fourth-order valence-electron chi connectivity index (χ4n) is 1.66. The molecule has 4 nitrogen and oxygen atoms in total. The van der Waals surface area contributed by atoms with Crippen LogP contribution in [0.15, 0.2) is 9.85 Å². The Labute approximate surface area is 111 Å². The third-order valence-corrected chi connectivity index (χ3v) is 4.45. The Balaban J connectivity index is 2.11. The number of nitrogens with two attached hydrogens (primary N) is 1. The summed E-state index contributed by atoms with van der Waals surface area (Å²) in [5.74, 6) is 1.69. The first-order chi connectivity index (χ1) is 8.15. The number of hydrogen-bond donors (Lipinski definition) is 1. The van der Waals surface area contributed by atoms with E-state index in [0.717, 1.165) is 20.9 Å². The van der Waals surface area contributed by atoms with Crippen LogP contribution in [0.3, 0.4) is 0 Å². The topological polar surface area (TPSA) is 64.7 Å². The number of halogens is 1. The molecule has 0 unspecified atom stereocenters. The molecule has 0 saturated heterocycles. The maximum absolute atomic E-state index is 5.91. The van der Waals surface area contributed by atoms with Crippen LogP contribution in [-0.4, -0.2) is 15.0 Å². The Bertz CT molecular complexity index is 577. The van der Waals surface area contributed by atoms with Crippen LogP contribution in [0.4, 0.5) is 5.82 Å². The molecule has 0 atom stereocenters. The molecule has 1 aliphatic rings. The highest BCUT2D eigenvalue weighted by Gasteiger charge is 2.29. The van der Waals surface area contributed by atoms with Crippen LogP contribution in [0.25, 0.3) is 10.8 Å². The van der Waals surface area contributed by atoms with Crippen molar-refractivity contribution in [1.82, 2.24) is 15.0 Å². The highest BCUT2D eigenvalue weighted by atomic mass is 79.9. The van der Waals surface area contributed by atoms with Gasteiger partial charge in [-0.25, -0.2) is 15.0 Å².